The summed E-state index contributed by atoms with van der Waals surface area (Å²) in [6.45, 7) is 6.98. The predicted molar refractivity (Wildman–Crippen MR) is 170 cm³/mol. The molecular weight excluding hydrogens is 571 g/mol. The van der Waals surface area contributed by atoms with Gasteiger partial charge in [0.1, 0.15) is 24.1 Å². The zero-order valence-electron chi connectivity index (χ0n) is 25.1. The highest BCUT2D eigenvalue weighted by Crippen LogP contribution is 2.35. The molecule has 3 aromatic carbocycles. The summed E-state index contributed by atoms with van der Waals surface area (Å²) in [7, 11) is -4.16. The number of hydrogen-bond donors (Lipinski definition) is 3. The number of amides is 1. The van der Waals surface area contributed by atoms with Gasteiger partial charge in [0.2, 0.25) is 15.9 Å². The van der Waals surface area contributed by atoms with Crippen LogP contribution in [0.25, 0.3) is 0 Å². The minimum absolute atomic E-state index is 0.275. The molecule has 4 N–H and O–H groups in total. The number of nitrogens with one attached hydrogen (secondary N) is 2. The molecule has 0 aliphatic carbocycles. The molecule has 1 unspecified atom stereocenters. The molecule has 0 fully saturated rings. The summed E-state index contributed by atoms with van der Waals surface area (Å²) >= 11 is 0. The average molecular weight is 614 g/mol. The summed E-state index contributed by atoms with van der Waals surface area (Å²) < 4.78 is 45.4. The zero-order valence-corrected chi connectivity index (χ0v) is 26.9. The monoisotopic (exact) mass is 613 g/mol. The van der Waals surface area contributed by atoms with E-state index in [9.17, 15) is 13.2 Å². The summed E-state index contributed by atoms with van der Waals surface area (Å²) in [6, 6.07) is 24.2. The lowest BCUT2D eigenvalue weighted by Gasteiger charge is -2.34. The smallest absolute Gasteiger partial charge is 0.239 e. The summed E-state index contributed by atoms with van der Waals surface area (Å²) in [4.78, 5) is 12.5. The Bertz CT molecular complexity index is 1390. The maximum Gasteiger partial charge on any atom is 0.239 e. The van der Waals surface area contributed by atoms with Crippen LogP contribution in [-0.2, 0) is 25.9 Å². The van der Waals surface area contributed by atoms with E-state index in [4.69, 9.17) is 19.6 Å². The Hall–Kier alpha value is -3.38. The number of methoxy groups -OCH3 is 1. The number of primary amides is 1. The van der Waals surface area contributed by atoms with Crippen LogP contribution in [-0.4, -0.2) is 42.6 Å². The number of carbonyl (C=O) groups is 1. The van der Waals surface area contributed by atoms with Gasteiger partial charge in [0.05, 0.1) is 25.2 Å². The molecule has 3 rings (SSSR count). The van der Waals surface area contributed by atoms with Crippen molar-refractivity contribution in [3.8, 4) is 11.5 Å². The van der Waals surface area contributed by atoms with Crippen LogP contribution in [0.1, 0.15) is 49.6 Å². The SMILES string of the molecule is CC[Si](CC)(CC)O[C@H](CNC(C(N)=O)c1ccc(OC)cc1)c1ccc(OCc2ccccc2)c(NS(C)(=O)=O)c1. The van der Waals surface area contributed by atoms with E-state index in [1.165, 1.54) is 0 Å². The number of ether oxygens (including phenoxy) is 2. The Morgan fingerprint density at radius 2 is 1.55 bits per heavy atom. The largest absolute Gasteiger partial charge is 0.497 e. The van der Waals surface area contributed by atoms with Gasteiger partial charge in [-0.15, -0.1) is 0 Å². The van der Waals surface area contributed by atoms with Gasteiger partial charge in [-0.05, 0) is 59.1 Å². The molecule has 0 radical (unpaired) electrons. The third kappa shape index (κ3) is 9.31. The van der Waals surface area contributed by atoms with Crippen molar-refractivity contribution in [2.45, 2.75) is 57.7 Å². The van der Waals surface area contributed by atoms with Crippen molar-refractivity contribution in [3.63, 3.8) is 0 Å². The summed E-state index contributed by atoms with van der Waals surface area (Å²) in [5.41, 5.74) is 8.54. The van der Waals surface area contributed by atoms with Crippen LogP contribution < -0.4 is 25.2 Å². The van der Waals surface area contributed by atoms with E-state index in [0.29, 0.717) is 22.7 Å². The number of anilines is 1. The van der Waals surface area contributed by atoms with Crippen LogP contribution in [0.15, 0.2) is 72.8 Å². The molecule has 228 valence electrons. The molecule has 3 aromatic rings. The Labute approximate surface area is 250 Å². The highest BCUT2D eigenvalue weighted by Gasteiger charge is 2.33. The van der Waals surface area contributed by atoms with Crippen LogP contribution in [0.3, 0.4) is 0 Å². The number of sulfonamides is 1. The van der Waals surface area contributed by atoms with E-state index in [2.05, 4.69) is 30.8 Å². The Kier molecular flexibility index (Phi) is 12.0. The van der Waals surface area contributed by atoms with E-state index >= 15 is 0 Å². The van der Waals surface area contributed by atoms with E-state index in [0.717, 1.165) is 35.5 Å². The van der Waals surface area contributed by atoms with Crippen molar-refractivity contribution in [2.75, 3.05) is 24.6 Å². The van der Waals surface area contributed by atoms with Crippen LogP contribution in [0.5, 0.6) is 11.5 Å². The van der Waals surface area contributed by atoms with Gasteiger partial charge in [0.25, 0.3) is 0 Å². The third-order valence-corrected chi connectivity index (χ3v) is 12.7. The minimum atomic E-state index is -3.60. The molecule has 0 aromatic heterocycles. The standard InChI is InChI=1S/C31H43N3O6SSi/c1-6-42(7-2,8-3)40-29(21-33-30(31(32)35)24-14-17-26(38-4)18-15-24)25-16-19-28(27(20-25)34-41(5,36)37)39-22-23-12-10-9-11-13-23/h9-20,29-30,33-34H,6-8,21-22H2,1-5H3,(H2,32,35)/t29-,30?/m1/s1. The normalized spacial score (nSPS) is 13.3. The average Bonchev–Trinajstić information content (AvgIpc) is 2.98. The molecule has 0 saturated carbocycles. The number of benzene rings is 3. The molecule has 11 heteroatoms. The molecular formula is C31H43N3O6SSi. The van der Waals surface area contributed by atoms with Gasteiger partial charge in [0.15, 0.2) is 8.32 Å². The number of rotatable bonds is 17. The third-order valence-electron chi connectivity index (χ3n) is 7.47. The van der Waals surface area contributed by atoms with Crippen molar-refractivity contribution >= 4 is 29.9 Å². The molecule has 0 spiro atoms. The van der Waals surface area contributed by atoms with Crippen molar-refractivity contribution in [1.29, 1.82) is 0 Å². The van der Waals surface area contributed by atoms with E-state index in [1.807, 2.05) is 36.4 Å². The zero-order chi connectivity index (χ0) is 30.8. The highest BCUT2D eigenvalue weighted by atomic mass is 32.2. The van der Waals surface area contributed by atoms with E-state index < -0.39 is 36.4 Å². The topological polar surface area (TPSA) is 129 Å². The van der Waals surface area contributed by atoms with Gasteiger partial charge in [0, 0.05) is 6.54 Å². The summed E-state index contributed by atoms with van der Waals surface area (Å²) in [5.74, 6) is 0.555. The van der Waals surface area contributed by atoms with Gasteiger partial charge >= 0.3 is 0 Å². The van der Waals surface area contributed by atoms with Crippen molar-refractivity contribution in [3.05, 3.63) is 89.5 Å². The predicted octanol–water partition coefficient (Wildman–Crippen LogP) is 5.52. The second-order valence-electron chi connectivity index (χ2n) is 10.3. The van der Waals surface area contributed by atoms with Gasteiger partial charge in [-0.25, -0.2) is 8.42 Å². The molecule has 42 heavy (non-hydrogen) atoms. The Morgan fingerprint density at radius 3 is 2.10 bits per heavy atom. The first kappa shape index (κ1) is 33.1. The number of carbonyl (C=O) groups excluding carboxylic acids is 1. The summed E-state index contributed by atoms with van der Waals surface area (Å²) in [6.07, 6.45) is 0.631. The quantitative estimate of drug-likeness (QED) is 0.171. The van der Waals surface area contributed by atoms with Gasteiger partial charge < -0.3 is 19.6 Å². The number of hydrogen-bond acceptors (Lipinski definition) is 7. The molecule has 0 bridgehead atoms. The molecule has 9 nitrogen and oxygen atoms in total. The van der Waals surface area contributed by atoms with E-state index in [1.54, 1.807) is 43.5 Å². The lowest BCUT2D eigenvalue weighted by molar-refractivity contribution is -0.120. The number of nitrogens with two attached hydrogens (primary N) is 1. The van der Waals surface area contributed by atoms with Crippen LogP contribution in [0.4, 0.5) is 5.69 Å². The van der Waals surface area contributed by atoms with Crippen LogP contribution >= 0.6 is 0 Å². The first-order valence-electron chi connectivity index (χ1n) is 14.2. The summed E-state index contributed by atoms with van der Waals surface area (Å²) in [5, 5.41) is 3.31. The van der Waals surface area contributed by atoms with Gasteiger partial charge in [-0.1, -0.05) is 69.3 Å². The maximum atomic E-state index is 12.5. The molecule has 1 amide bonds. The van der Waals surface area contributed by atoms with Gasteiger partial charge in [-0.3, -0.25) is 14.8 Å². The molecule has 0 heterocycles. The second-order valence-corrected chi connectivity index (χ2v) is 16.7. The lowest BCUT2D eigenvalue weighted by Crippen LogP contribution is -2.42. The lowest BCUT2D eigenvalue weighted by atomic mass is 10.0. The maximum absolute atomic E-state index is 12.5. The fourth-order valence-electron chi connectivity index (χ4n) is 4.82. The van der Waals surface area contributed by atoms with Crippen molar-refractivity contribution in [1.82, 2.24) is 5.32 Å². The molecule has 0 saturated heterocycles. The highest BCUT2D eigenvalue weighted by molar-refractivity contribution is 7.92. The molecule has 2 atom stereocenters. The van der Waals surface area contributed by atoms with Crippen LogP contribution in [0.2, 0.25) is 18.1 Å². The van der Waals surface area contributed by atoms with Gasteiger partial charge in [-0.2, -0.15) is 0 Å². The molecule has 0 aliphatic rings. The fourth-order valence-corrected chi connectivity index (χ4v) is 8.20. The van der Waals surface area contributed by atoms with Crippen molar-refractivity contribution < 1.29 is 27.1 Å². The minimum Gasteiger partial charge on any atom is -0.497 e. The first-order chi connectivity index (χ1) is 20.0. The van der Waals surface area contributed by atoms with Crippen molar-refractivity contribution in [2.24, 2.45) is 5.73 Å². The van der Waals surface area contributed by atoms with E-state index in [-0.39, 0.29) is 13.2 Å². The Morgan fingerprint density at radius 1 is 0.929 bits per heavy atom. The first-order valence-corrected chi connectivity index (χ1v) is 18.6. The second kappa shape index (κ2) is 15.2. The fraction of sp³-hybridized carbons (Fsp3) is 0.387. The van der Waals surface area contributed by atoms with Crippen LogP contribution in [0, 0.1) is 0 Å². The Balaban J connectivity index is 1.97. The molecule has 0 aliphatic heterocycles.